The third kappa shape index (κ3) is 4.66. The Morgan fingerprint density at radius 1 is 1.31 bits per heavy atom. The molecule has 210 valence electrons. The van der Waals surface area contributed by atoms with Crippen LogP contribution in [0.4, 0.5) is 10.2 Å². The number of fused-ring (bicyclic) bond motifs is 2. The van der Waals surface area contributed by atoms with Crippen molar-refractivity contribution in [3.05, 3.63) is 48.7 Å². The van der Waals surface area contributed by atoms with Gasteiger partial charge in [-0.3, -0.25) is 9.32 Å². The Labute approximate surface area is 228 Å². The smallest absolute Gasteiger partial charge is 0.459 e. The molecule has 1 aliphatic carbocycles. The number of nitrogens with two attached hydrogens (primary N) is 1. The number of nitrogens with zero attached hydrogens (tertiary/aromatic N) is 3. The largest absolute Gasteiger partial charge is 0.462 e. The van der Waals surface area contributed by atoms with Crippen LogP contribution >= 0.6 is 19.3 Å². The molecule has 39 heavy (non-hydrogen) atoms. The van der Waals surface area contributed by atoms with Crippen molar-refractivity contribution in [3.63, 3.8) is 0 Å². The lowest BCUT2D eigenvalue weighted by molar-refractivity contribution is -0.149. The highest BCUT2D eigenvalue weighted by atomic mass is 35.5. The average Bonchev–Trinajstić information content (AvgIpc) is 3.14. The molecule has 2 aromatic heterocycles. The van der Waals surface area contributed by atoms with Gasteiger partial charge in [-0.15, -0.1) is 11.6 Å². The van der Waals surface area contributed by atoms with Gasteiger partial charge in [-0.05, 0) is 39.8 Å². The lowest BCUT2D eigenvalue weighted by Gasteiger charge is -2.33. The third-order valence-electron chi connectivity index (χ3n) is 6.68. The maximum Gasteiger partial charge on any atom is 0.459 e. The minimum absolute atomic E-state index is 0.0128. The number of ether oxygens (including phenoxy) is 2. The number of aliphatic hydroxyl groups is 1. The monoisotopic (exact) mass is 583 g/mol. The van der Waals surface area contributed by atoms with Crippen molar-refractivity contribution in [3.8, 4) is 5.75 Å². The molecule has 0 radical (unpaired) electrons. The Bertz CT molecular complexity index is 1460. The Morgan fingerprint density at radius 3 is 2.62 bits per heavy atom. The molecule has 12 nitrogen and oxygen atoms in total. The molecule has 2 fully saturated rings. The number of hydrogen-bond acceptors (Lipinski definition) is 10. The number of alkyl halides is 1. The number of para-hydroxylation sites is 1. The van der Waals surface area contributed by atoms with Crippen LogP contribution in [0.5, 0.6) is 5.75 Å². The highest BCUT2D eigenvalue weighted by Gasteiger charge is 2.84. The van der Waals surface area contributed by atoms with Crippen molar-refractivity contribution in [1.82, 2.24) is 19.6 Å². The number of esters is 1. The normalized spacial score (nSPS) is 30.1. The molecule has 1 saturated heterocycles. The maximum atomic E-state index is 14.7. The summed E-state index contributed by atoms with van der Waals surface area (Å²) < 4.78 is 52.6. The fraction of sp³-hybridized carbons (Fsp3) is 0.458. The molecule has 2 aliphatic rings. The van der Waals surface area contributed by atoms with Crippen molar-refractivity contribution in [2.45, 2.75) is 68.8 Å². The summed E-state index contributed by atoms with van der Waals surface area (Å²) in [4.78, 5) is 18.7. The molecule has 1 saturated carbocycles. The molecule has 3 aromatic rings. The number of rotatable bonds is 9. The SMILES string of the molecule is CC(C)OC(=O)C(C)NP(=O)(Oc1ccccc1)OC1C2OC(n3cc(F)c4c(N)ncnc43)C(C)(Cl)C21O. The second-order valence-electron chi connectivity index (χ2n) is 9.92. The first-order valence-electron chi connectivity index (χ1n) is 12.1. The van der Waals surface area contributed by atoms with E-state index in [9.17, 15) is 18.9 Å². The van der Waals surface area contributed by atoms with Gasteiger partial charge in [-0.25, -0.2) is 18.9 Å². The summed E-state index contributed by atoms with van der Waals surface area (Å²) >= 11 is 6.85. The standard InChI is InChI=1S/C24H28ClFN5O7P/c1-12(2)35-21(32)13(3)30-39(34,37-14-8-6-5-7-9-14)38-18-17-24(18,33)23(4,25)22(36-17)31-10-15(26)16-19(27)28-11-29-20(16)31/h5-13,17-18,22,33H,1-4H3,(H,30,34)(H2,27,28,29). The van der Waals surface area contributed by atoms with Gasteiger partial charge >= 0.3 is 13.7 Å². The number of hydrogen-bond donors (Lipinski definition) is 3. The Balaban J connectivity index is 1.41. The molecule has 15 heteroatoms. The topological polar surface area (TPSA) is 160 Å². The van der Waals surface area contributed by atoms with E-state index < -0.39 is 60.6 Å². The highest BCUT2D eigenvalue weighted by Crippen LogP contribution is 2.67. The van der Waals surface area contributed by atoms with Gasteiger partial charge in [-0.2, -0.15) is 5.09 Å². The highest BCUT2D eigenvalue weighted by molar-refractivity contribution is 7.52. The van der Waals surface area contributed by atoms with Crippen LogP contribution in [0.1, 0.15) is 33.9 Å². The van der Waals surface area contributed by atoms with Gasteiger partial charge in [0, 0.05) is 6.20 Å². The van der Waals surface area contributed by atoms with Gasteiger partial charge in [0.15, 0.2) is 17.7 Å². The quantitative estimate of drug-likeness (QED) is 0.193. The number of carbonyl (C=O) groups excluding carboxylic acids is 1. The third-order valence-corrected chi connectivity index (χ3v) is 8.83. The lowest BCUT2D eigenvalue weighted by Crippen LogP contribution is -2.44. The summed E-state index contributed by atoms with van der Waals surface area (Å²) in [7, 11) is -4.33. The molecule has 4 N–H and O–H groups in total. The summed E-state index contributed by atoms with van der Waals surface area (Å²) in [5, 5.41) is 14.1. The van der Waals surface area contributed by atoms with Gasteiger partial charge in [0.05, 0.1) is 11.5 Å². The van der Waals surface area contributed by atoms with E-state index in [4.69, 9.17) is 35.9 Å². The van der Waals surface area contributed by atoms with E-state index in [1.165, 1.54) is 24.7 Å². The van der Waals surface area contributed by atoms with Crippen LogP contribution in [0.25, 0.3) is 11.0 Å². The zero-order chi connectivity index (χ0) is 28.3. The van der Waals surface area contributed by atoms with Gasteiger partial charge in [0.2, 0.25) is 0 Å². The number of nitrogen functional groups attached to an aromatic ring is 1. The van der Waals surface area contributed by atoms with E-state index in [0.29, 0.717) is 0 Å². The van der Waals surface area contributed by atoms with Crippen LogP contribution in [-0.4, -0.2) is 60.4 Å². The van der Waals surface area contributed by atoms with Gasteiger partial charge in [0.1, 0.15) is 46.6 Å². The minimum atomic E-state index is -4.33. The number of benzene rings is 1. The van der Waals surface area contributed by atoms with Crippen molar-refractivity contribution in [1.29, 1.82) is 0 Å². The molecule has 0 spiro atoms. The van der Waals surface area contributed by atoms with Gasteiger partial charge in [0.25, 0.3) is 0 Å². The number of aromatic nitrogens is 3. The Morgan fingerprint density at radius 2 is 2.00 bits per heavy atom. The first kappa shape index (κ1) is 27.8. The van der Waals surface area contributed by atoms with Crippen molar-refractivity contribution in [2.75, 3.05) is 5.73 Å². The predicted molar refractivity (Wildman–Crippen MR) is 138 cm³/mol. The molecule has 3 heterocycles. The predicted octanol–water partition coefficient (Wildman–Crippen LogP) is 3.29. The van der Waals surface area contributed by atoms with Crippen LogP contribution in [0, 0.1) is 5.82 Å². The maximum absolute atomic E-state index is 14.7. The van der Waals surface area contributed by atoms with E-state index >= 15 is 0 Å². The summed E-state index contributed by atoms with van der Waals surface area (Å²) in [6.45, 7) is 6.28. The van der Waals surface area contributed by atoms with Crippen molar-refractivity contribution in [2.24, 2.45) is 0 Å². The van der Waals surface area contributed by atoms with E-state index in [1.54, 1.807) is 44.2 Å². The van der Waals surface area contributed by atoms with Gasteiger partial charge in [-0.1, -0.05) is 18.2 Å². The molecule has 1 aromatic carbocycles. The van der Waals surface area contributed by atoms with Crippen molar-refractivity contribution < 1.29 is 37.4 Å². The molecule has 0 amide bonds. The van der Waals surface area contributed by atoms with Crippen LogP contribution in [0.2, 0.25) is 0 Å². The zero-order valence-electron chi connectivity index (χ0n) is 21.4. The van der Waals surface area contributed by atoms with Crippen LogP contribution in [0.3, 0.4) is 0 Å². The number of halogens is 2. The summed E-state index contributed by atoms with van der Waals surface area (Å²) in [6, 6.07) is 7.07. The number of nitrogens with one attached hydrogen (secondary N) is 1. The van der Waals surface area contributed by atoms with Crippen molar-refractivity contribution >= 4 is 42.2 Å². The molecule has 7 atom stereocenters. The van der Waals surface area contributed by atoms with E-state index in [2.05, 4.69) is 15.1 Å². The first-order chi connectivity index (χ1) is 18.3. The summed E-state index contributed by atoms with van der Waals surface area (Å²) in [5.41, 5.74) is 4.06. The van der Waals surface area contributed by atoms with E-state index in [0.717, 1.165) is 6.20 Å². The molecular weight excluding hydrogens is 556 g/mol. The molecule has 7 unspecified atom stereocenters. The van der Waals surface area contributed by atoms with Crippen LogP contribution < -0.4 is 15.3 Å². The second-order valence-corrected chi connectivity index (χ2v) is 12.3. The Kier molecular flexibility index (Phi) is 6.89. The summed E-state index contributed by atoms with van der Waals surface area (Å²) in [6.07, 6.45) is -1.52. The number of anilines is 1. The molecule has 0 bridgehead atoms. The van der Waals surface area contributed by atoms with Gasteiger partial charge < -0.3 is 29.4 Å². The van der Waals surface area contributed by atoms with E-state index in [-0.39, 0.29) is 22.6 Å². The molecule has 5 rings (SSSR count). The van der Waals surface area contributed by atoms with Crippen LogP contribution in [-0.2, 0) is 23.4 Å². The lowest BCUT2D eigenvalue weighted by atomic mass is 10.0. The fourth-order valence-corrected chi connectivity index (χ4v) is 6.76. The van der Waals surface area contributed by atoms with E-state index in [1.807, 2.05) is 0 Å². The number of carbonyl (C=O) groups is 1. The average molecular weight is 584 g/mol. The fourth-order valence-electron chi connectivity index (χ4n) is 4.69. The van der Waals surface area contributed by atoms with Crippen LogP contribution in [0.15, 0.2) is 42.9 Å². The minimum Gasteiger partial charge on any atom is -0.462 e. The Hall–Kier alpha value is -2.80. The molecular formula is C24H28ClFN5O7P. The first-order valence-corrected chi connectivity index (χ1v) is 14.0. The molecule has 1 aliphatic heterocycles. The summed E-state index contributed by atoms with van der Waals surface area (Å²) in [5.74, 6) is -1.24. The zero-order valence-corrected chi connectivity index (χ0v) is 23.1. The second kappa shape index (κ2) is 9.69.